The Morgan fingerprint density at radius 1 is 1.19 bits per heavy atom. The van der Waals surface area contributed by atoms with E-state index in [2.05, 4.69) is 48.3 Å². The van der Waals surface area contributed by atoms with Gasteiger partial charge in [-0.05, 0) is 37.0 Å². The van der Waals surface area contributed by atoms with Gasteiger partial charge in [-0.3, -0.25) is 4.79 Å². The number of hydrogen-bond donors (Lipinski definition) is 1. The SMILES string of the molecule is Cc1cc2ncc(C(=O)NCCOc3ccc(C(C)(C)C)cc3)c(C)n2n1. The lowest BCUT2D eigenvalue weighted by Gasteiger charge is -2.19. The number of amides is 1. The minimum atomic E-state index is -0.179. The van der Waals surface area contributed by atoms with Gasteiger partial charge in [-0.1, -0.05) is 32.9 Å². The molecule has 1 N–H and O–H groups in total. The minimum absolute atomic E-state index is 0.118. The lowest BCUT2D eigenvalue weighted by Crippen LogP contribution is -2.29. The van der Waals surface area contributed by atoms with Gasteiger partial charge in [-0.15, -0.1) is 0 Å². The summed E-state index contributed by atoms with van der Waals surface area (Å²) >= 11 is 0. The second-order valence-corrected chi connectivity index (χ2v) is 7.69. The highest BCUT2D eigenvalue weighted by atomic mass is 16.5. The van der Waals surface area contributed by atoms with E-state index < -0.39 is 0 Å². The molecular formula is C21H26N4O2. The van der Waals surface area contributed by atoms with E-state index in [-0.39, 0.29) is 11.3 Å². The Bertz CT molecular complexity index is 953. The predicted molar refractivity (Wildman–Crippen MR) is 105 cm³/mol. The summed E-state index contributed by atoms with van der Waals surface area (Å²) < 4.78 is 7.41. The Hall–Kier alpha value is -2.89. The first-order valence-electron chi connectivity index (χ1n) is 9.09. The maximum Gasteiger partial charge on any atom is 0.254 e. The zero-order valence-corrected chi connectivity index (χ0v) is 16.5. The van der Waals surface area contributed by atoms with Crippen LogP contribution in [0.15, 0.2) is 36.5 Å². The maximum absolute atomic E-state index is 12.4. The molecule has 0 atom stereocenters. The van der Waals surface area contributed by atoms with Crippen molar-refractivity contribution in [3.63, 3.8) is 0 Å². The highest BCUT2D eigenvalue weighted by Crippen LogP contribution is 2.24. The molecule has 0 radical (unpaired) electrons. The van der Waals surface area contributed by atoms with Crippen LogP contribution in [0.5, 0.6) is 5.75 Å². The van der Waals surface area contributed by atoms with Crippen molar-refractivity contribution >= 4 is 11.6 Å². The van der Waals surface area contributed by atoms with E-state index in [1.54, 1.807) is 10.7 Å². The number of nitrogens with one attached hydrogen (secondary N) is 1. The molecule has 0 bridgehead atoms. The number of fused-ring (bicyclic) bond motifs is 1. The van der Waals surface area contributed by atoms with Gasteiger partial charge in [0.2, 0.25) is 0 Å². The minimum Gasteiger partial charge on any atom is -0.492 e. The number of rotatable bonds is 5. The van der Waals surface area contributed by atoms with Crippen LogP contribution in [0.3, 0.4) is 0 Å². The lowest BCUT2D eigenvalue weighted by atomic mass is 9.87. The summed E-state index contributed by atoms with van der Waals surface area (Å²) in [6, 6.07) is 9.96. The Labute approximate surface area is 159 Å². The average molecular weight is 366 g/mol. The number of nitrogens with zero attached hydrogens (tertiary/aromatic N) is 3. The van der Waals surface area contributed by atoms with Crippen LogP contribution < -0.4 is 10.1 Å². The van der Waals surface area contributed by atoms with Gasteiger partial charge >= 0.3 is 0 Å². The molecule has 0 saturated carbocycles. The summed E-state index contributed by atoms with van der Waals surface area (Å²) in [6.45, 7) is 11.1. The van der Waals surface area contributed by atoms with Crippen molar-refractivity contribution in [2.45, 2.75) is 40.0 Å². The van der Waals surface area contributed by atoms with Crippen molar-refractivity contribution in [2.75, 3.05) is 13.2 Å². The molecule has 0 unspecified atom stereocenters. The maximum atomic E-state index is 12.4. The second kappa shape index (κ2) is 7.39. The molecule has 142 valence electrons. The van der Waals surface area contributed by atoms with Crippen LogP contribution >= 0.6 is 0 Å². The number of ether oxygens (including phenoxy) is 1. The van der Waals surface area contributed by atoms with Gasteiger partial charge in [0.25, 0.3) is 5.91 Å². The number of carbonyl (C=O) groups is 1. The molecular weight excluding hydrogens is 340 g/mol. The molecule has 3 aromatic rings. The molecule has 3 rings (SSSR count). The van der Waals surface area contributed by atoms with Crippen molar-refractivity contribution in [3.8, 4) is 5.75 Å². The largest absolute Gasteiger partial charge is 0.492 e. The summed E-state index contributed by atoms with van der Waals surface area (Å²) in [6.07, 6.45) is 1.59. The van der Waals surface area contributed by atoms with Crippen molar-refractivity contribution in [1.82, 2.24) is 19.9 Å². The van der Waals surface area contributed by atoms with Crippen molar-refractivity contribution in [3.05, 3.63) is 59.0 Å². The smallest absolute Gasteiger partial charge is 0.254 e. The van der Waals surface area contributed by atoms with Crippen molar-refractivity contribution < 1.29 is 9.53 Å². The topological polar surface area (TPSA) is 68.5 Å². The Morgan fingerprint density at radius 2 is 1.89 bits per heavy atom. The summed E-state index contributed by atoms with van der Waals surface area (Å²) in [5.74, 6) is 0.616. The van der Waals surface area contributed by atoms with Gasteiger partial charge in [-0.2, -0.15) is 5.10 Å². The quantitative estimate of drug-likeness (QED) is 0.702. The Kier molecular flexibility index (Phi) is 5.17. The standard InChI is InChI=1S/C21H26N4O2/c1-14-12-19-23-13-18(15(2)25(19)24-14)20(26)22-10-11-27-17-8-6-16(7-9-17)21(3,4)5/h6-9,12-13H,10-11H2,1-5H3,(H,22,26). The van der Waals surface area contributed by atoms with Gasteiger partial charge < -0.3 is 10.1 Å². The Balaban J connectivity index is 1.55. The zero-order chi connectivity index (χ0) is 19.6. The van der Waals surface area contributed by atoms with Crippen molar-refractivity contribution in [2.24, 2.45) is 0 Å². The van der Waals surface area contributed by atoms with E-state index >= 15 is 0 Å². The monoisotopic (exact) mass is 366 g/mol. The fraction of sp³-hybridized carbons (Fsp3) is 0.381. The van der Waals surface area contributed by atoms with E-state index in [1.807, 2.05) is 32.0 Å². The zero-order valence-electron chi connectivity index (χ0n) is 16.5. The first-order valence-corrected chi connectivity index (χ1v) is 9.09. The molecule has 0 saturated heterocycles. The Morgan fingerprint density at radius 3 is 2.56 bits per heavy atom. The molecule has 0 spiro atoms. The fourth-order valence-corrected chi connectivity index (χ4v) is 2.87. The molecule has 1 aromatic carbocycles. The van der Waals surface area contributed by atoms with Gasteiger partial charge in [0, 0.05) is 12.3 Å². The first kappa shape index (κ1) is 18.9. The van der Waals surface area contributed by atoms with Crippen LogP contribution in [-0.2, 0) is 5.41 Å². The highest BCUT2D eigenvalue weighted by molar-refractivity contribution is 5.95. The predicted octanol–water partition coefficient (Wildman–Crippen LogP) is 3.45. The second-order valence-electron chi connectivity index (χ2n) is 7.69. The van der Waals surface area contributed by atoms with E-state index in [1.165, 1.54) is 5.56 Å². The average Bonchev–Trinajstić information content (AvgIpc) is 3.00. The van der Waals surface area contributed by atoms with Gasteiger partial charge in [0.15, 0.2) is 5.65 Å². The summed E-state index contributed by atoms with van der Waals surface area (Å²) in [7, 11) is 0. The molecule has 6 heteroatoms. The number of benzene rings is 1. The van der Waals surface area contributed by atoms with Crippen molar-refractivity contribution in [1.29, 1.82) is 0 Å². The fourth-order valence-electron chi connectivity index (χ4n) is 2.87. The molecule has 0 aliphatic heterocycles. The number of hydrogen-bond acceptors (Lipinski definition) is 4. The van der Waals surface area contributed by atoms with Crippen LogP contribution in [0.25, 0.3) is 5.65 Å². The third-order valence-corrected chi connectivity index (χ3v) is 4.47. The van der Waals surface area contributed by atoms with Crippen LogP contribution in [0.1, 0.15) is 48.1 Å². The van der Waals surface area contributed by atoms with Gasteiger partial charge in [0.05, 0.1) is 23.5 Å². The first-order chi connectivity index (χ1) is 12.8. The summed E-state index contributed by atoms with van der Waals surface area (Å²) in [5.41, 5.74) is 4.27. The van der Waals surface area contributed by atoms with Gasteiger partial charge in [-0.25, -0.2) is 9.50 Å². The molecule has 1 amide bonds. The van der Waals surface area contributed by atoms with Gasteiger partial charge in [0.1, 0.15) is 12.4 Å². The molecule has 27 heavy (non-hydrogen) atoms. The number of aromatic nitrogens is 3. The number of carbonyl (C=O) groups excluding carboxylic acids is 1. The molecule has 0 fully saturated rings. The van der Waals surface area contributed by atoms with E-state index in [4.69, 9.17) is 4.74 Å². The molecule has 2 aromatic heterocycles. The van der Waals surface area contributed by atoms with Crippen LogP contribution in [0.2, 0.25) is 0 Å². The third kappa shape index (κ3) is 4.27. The normalized spacial score (nSPS) is 11.6. The van der Waals surface area contributed by atoms with Crippen LogP contribution in [0.4, 0.5) is 0 Å². The molecule has 0 aliphatic carbocycles. The van der Waals surface area contributed by atoms with Crippen LogP contribution in [0, 0.1) is 13.8 Å². The molecule has 6 nitrogen and oxygen atoms in total. The molecule has 2 heterocycles. The third-order valence-electron chi connectivity index (χ3n) is 4.47. The lowest BCUT2D eigenvalue weighted by molar-refractivity contribution is 0.0945. The highest BCUT2D eigenvalue weighted by Gasteiger charge is 2.14. The van der Waals surface area contributed by atoms with Crippen LogP contribution in [-0.4, -0.2) is 33.7 Å². The summed E-state index contributed by atoms with van der Waals surface area (Å²) in [4.78, 5) is 16.7. The molecule has 0 aliphatic rings. The van der Waals surface area contributed by atoms with E-state index in [0.29, 0.717) is 18.7 Å². The number of aryl methyl sites for hydroxylation is 2. The summed E-state index contributed by atoms with van der Waals surface area (Å²) in [5, 5.41) is 7.24. The van der Waals surface area contributed by atoms with E-state index in [9.17, 15) is 4.79 Å². The van der Waals surface area contributed by atoms with E-state index in [0.717, 1.165) is 22.8 Å².